The molecule has 7 rings (SSSR count). The molecule has 0 radical (unpaired) electrons. The number of ether oxygens (including phenoxy) is 2. The van der Waals surface area contributed by atoms with E-state index in [4.69, 9.17) is 9.47 Å². The van der Waals surface area contributed by atoms with Gasteiger partial charge in [0, 0.05) is 5.56 Å². The highest BCUT2D eigenvalue weighted by atomic mass is 16.5. The van der Waals surface area contributed by atoms with Gasteiger partial charge in [-0.3, -0.25) is 4.79 Å². The van der Waals surface area contributed by atoms with Crippen LogP contribution in [0.5, 0.6) is 11.5 Å². The number of hydrogen-bond donors (Lipinski definition) is 1. The summed E-state index contributed by atoms with van der Waals surface area (Å²) in [5, 5.41) is 8.09. The Balaban J connectivity index is 1.36. The fourth-order valence-corrected chi connectivity index (χ4v) is 6.43. The van der Waals surface area contributed by atoms with Gasteiger partial charge in [-0.15, -0.1) is 0 Å². The molecule has 1 spiro atoms. The second kappa shape index (κ2) is 10.1. The van der Waals surface area contributed by atoms with Crippen LogP contribution in [0.1, 0.15) is 43.2 Å². The molecule has 4 aromatic rings. The highest BCUT2D eigenvalue weighted by Crippen LogP contribution is 2.57. The van der Waals surface area contributed by atoms with E-state index < -0.39 is 5.41 Å². The van der Waals surface area contributed by atoms with Crippen LogP contribution >= 0.6 is 0 Å². The van der Waals surface area contributed by atoms with Gasteiger partial charge in [0.25, 0.3) is 0 Å². The zero-order valence-electron chi connectivity index (χ0n) is 22.8. The summed E-state index contributed by atoms with van der Waals surface area (Å²) in [5.74, 6) is 1.79. The molecule has 7 nitrogen and oxygen atoms in total. The molecule has 1 amide bonds. The van der Waals surface area contributed by atoms with E-state index in [1.807, 2.05) is 64.3 Å². The van der Waals surface area contributed by atoms with Crippen LogP contribution in [0.4, 0.5) is 5.69 Å². The van der Waals surface area contributed by atoms with Crippen molar-refractivity contribution in [1.29, 1.82) is 0 Å². The predicted octanol–water partition coefficient (Wildman–Crippen LogP) is 5.65. The second-order valence-corrected chi connectivity index (χ2v) is 11.1. The lowest BCUT2D eigenvalue weighted by atomic mass is 9.65. The van der Waals surface area contributed by atoms with Gasteiger partial charge in [-0.05, 0) is 92.4 Å². The number of rotatable bonds is 7. The Morgan fingerprint density at radius 1 is 1.00 bits per heavy atom. The van der Waals surface area contributed by atoms with Crippen molar-refractivity contribution in [3.05, 3.63) is 90.1 Å². The van der Waals surface area contributed by atoms with E-state index in [1.165, 1.54) is 0 Å². The minimum Gasteiger partial charge on any atom is -0.497 e. The largest absolute Gasteiger partial charge is 0.497 e. The first-order chi connectivity index (χ1) is 19.7. The van der Waals surface area contributed by atoms with Crippen LogP contribution in [0.15, 0.2) is 79.0 Å². The van der Waals surface area contributed by atoms with Crippen molar-refractivity contribution < 1.29 is 14.3 Å². The van der Waals surface area contributed by atoms with Crippen molar-refractivity contribution in [3.63, 3.8) is 0 Å². The number of carbonyl (C=O) groups is 1. The molecule has 204 valence electrons. The number of benzene rings is 3. The number of nitrogens with one attached hydrogen (secondary N) is 1. The molecule has 2 fully saturated rings. The van der Waals surface area contributed by atoms with E-state index in [0.29, 0.717) is 6.54 Å². The van der Waals surface area contributed by atoms with Gasteiger partial charge >= 0.3 is 0 Å². The normalized spacial score (nSPS) is 18.0. The Labute approximate surface area is 234 Å². The summed E-state index contributed by atoms with van der Waals surface area (Å²) in [6.45, 7) is 2.37. The second-order valence-electron chi connectivity index (χ2n) is 11.1. The van der Waals surface area contributed by atoms with Crippen LogP contribution in [-0.2, 0) is 16.8 Å². The highest BCUT2D eigenvalue weighted by molar-refractivity contribution is 6.10. The number of para-hydroxylation sites is 1. The van der Waals surface area contributed by atoms with Crippen molar-refractivity contribution in [2.24, 2.45) is 0 Å². The van der Waals surface area contributed by atoms with Crippen LogP contribution < -0.4 is 19.7 Å². The van der Waals surface area contributed by atoms with Crippen molar-refractivity contribution >= 4 is 11.6 Å². The molecular weight excluding hydrogens is 500 g/mol. The quantitative estimate of drug-likeness (QED) is 0.332. The predicted molar refractivity (Wildman–Crippen MR) is 155 cm³/mol. The number of aromatic nitrogens is 2. The average molecular weight is 535 g/mol. The van der Waals surface area contributed by atoms with Crippen molar-refractivity contribution in [3.8, 4) is 28.4 Å². The number of anilines is 1. The van der Waals surface area contributed by atoms with E-state index in [1.54, 1.807) is 7.11 Å². The lowest BCUT2D eigenvalue weighted by Gasteiger charge is -2.37. The number of nitrogens with zero attached hydrogens (tertiary/aromatic N) is 3. The van der Waals surface area contributed by atoms with Crippen molar-refractivity contribution in [2.75, 3.05) is 25.1 Å². The zero-order chi connectivity index (χ0) is 27.1. The monoisotopic (exact) mass is 534 g/mol. The fraction of sp³-hybridized carbons (Fsp3) is 0.333. The SMILES string of the molecule is COc1ccc(CN2C(=O)C3(CCC3)c3cc(-c4ccnn4-c4ccccc4)cc(OC4CCNCC4)c32)cc1. The molecule has 1 saturated carbocycles. The van der Waals surface area contributed by atoms with Crippen LogP contribution in [0.25, 0.3) is 16.9 Å². The van der Waals surface area contributed by atoms with E-state index in [0.717, 1.165) is 90.5 Å². The lowest BCUT2D eigenvalue weighted by Crippen LogP contribution is -2.44. The minimum absolute atomic E-state index is 0.107. The zero-order valence-corrected chi connectivity index (χ0v) is 22.8. The number of methoxy groups -OCH3 is 1. The molecule has 3 aliphatic rings. The molecule has 1 saturated heterocycles. The van der Waals surface area contributed by atoms with Gasteiger partial charge in [-0.1, -0.05) is 36.8 Å². The minimum atomic E-state index is -0.484. The Kier molecular flexibility index (Phi) is 6.31. The van der Waals surface area contributed by atoms with Gasteiger partial charge in [0.05, 0.1) is 42.3 Å². The summed E-state index contributed by atoms with van der Waals surface area (Å²) in [6, 6.07) is 24.6. The first-order valence-electron chi connectivity index (χ1n) is 14.3. The number of fused-ring (bicyclic) bond motifs is 2. The maximum absolute atomic E-state index is 14.2. The Morgan fingerprint density at radius 3 is 2.48 bits per heavy atom. The topological polar surface area (TPSA) is 68.6 Å². The Bertz CT molecular complexity index is 1520. The fourth-order valence-electron chi connectivity index (χ4n) is 6.43. The number of carbonyl (C=O) groups excluding carboxylic acids is 1. The van der Waals surface area contributed by atoms with Crippen molar-refractivity contribution in [1.82, 2.24) is 15.1 Å². The van der Waals surface area contributed by atoms with Gasteiger partial charge < -0.3 is 19.7 Å². The Morgan fingerprint density at radius 2 is 1.77 bits per heavy atom. The lowest BCUT2D eigenvalue weighted by molar-refractivity contribution is -0.126. The molecule has 0 bridgehead atoms. The molecule has 40 heavy (non-hydrogen) atoms. The summed E-state index contributed by atoms with van der Waals surface area (Å²) >= 11 is 0. The number of amides is 1. The van der Waals surface area contributed by atoms with E-state index in [9.17, 15) is 4.79 Å². The van der Waals surface area contributed by atoms with Crippen LogP contribution in [-0.4, -0.2) is 42.0 Å². The molecule has 2 aliphatic heterocycles. The van der Waals surface area contributed by atoms with E-state index in [2.05, 4.69) is 34.7 Å². The maximum Gasteiger partial charge on any atom is 0.238 e. The van der Waals surface area contributed by atoms with Crippen LogP contribution in [0.3, 0.4) is 0 Å². The average Bonchev–Trinajstić information content (AvgIpc) is 3.56. The molecule has 7 heteroatoms. The standard InChI is InChI=1S/C33H34N4O3/c1-39-26-10-8-23(9-11-26)22-36-31-28(33(32(36)38)15-5-16-33)20-24(21-30(31)40-27-12-17-34-18-13-27)29-14-19-35-37(29)25-6-3-2-4-7-25/h2-4,6-11,14,19-21,27,34H,5,12-13,15-18,22H2,1H3. The van der Waals surface area contributed by atoms with Crippen LogP contribution in [0.2, 0.25) is 0 Å². The van der Waals surface area contributed by atoms with Gasteiger partial charge in [-0.25, -0.2) is 4.68 Å². The number of hydrogen-bond acceptors (Lipinski definition) is 5. The van der Waals surface area contributed by atoms with Gasteiger partial charge in [-0.2, -0.15) is 5.10 Å². The van der Waals surface area contributed by atoms with Gasteiger partial charge in [0.15, 0.2) is 0 Å². The maximum atomic E-state index is 14.2. The van der Waals surface area contributed by atoms with Crippen LogP contribution in [0, 0.1) is 0 Å². The third kappa shape index (κ3) is 4.16. The van der Waals surface area contributed by atoms with Gasteiger partial charge in [0.2, 0.25) is 5.91 Å². The first kappa shape index (κ1) is 24.9. The highest BCUT2D eigenvalue weighted by Gasteiger charge is 2.55. The molecule has 0 atom stereocenters. The molecule has 1 N–H and O–H groups in total. The molecule has 3 aromatic carbocycles. The summed E-state index contributed by atoms with van der Waals surface area (Å²) < 4.78 is 14.1. The molecule has 0 unspecified atom stereocenters. The smallest absolute Gasteiger partial charge is 0.238 e. The molecule has 3 heterocycles. The summed E-state index contributed by atoms with van der Waals surface area (Å²) in [5.41, 5.74) is 5.62. The summed E-state index contributed by atoms with van der Waals surface area (Å²) in [7, 11) is 1.67. The summed E-state index contributed by atoms with van der Waals surface area (Å²) in [6.07, 6.45) is 6.62. The molecular formula is C33H34N4O3. The van der Waals surface area contributed by atoms with Gasteiger partial charge in [0.1, 0.15) is 17.6 Å². The van der Waals surface area contributed by atoms with Crippen molar-refractivity contribution in [2.45, 2.75) is 50.2 Å². The third-order valence-corrected chi connectivity index (χ3v) is 8.74. The first-order valence-corrected chi connectivity index (χ1v) is 14.3. The molecule has 1 aliphatic carbocycles. The Hall–Kier alpha value is -4.10. The van der Waals surface area contributed by atoms with E-state index in [-0.39, 0.29) is 12.0 Å². The third-order valence-electron chi connectivity index (χ3n) is 8.74. The van der Waals surface area contributed by atoms with E-state index >= 15 is 0 Å². The summed E-state index contributed by atoms with van der Waals surface area (Å²) in [4.78, 5) is 16.2. The molecule has 1 aromatic heterocycles. The number of piperidine rings is 1.